The van der Waals surface area contributed by atoms with E-state index >= 15 is 0 Å². The van der Waals surface area contributed by atoms with Crippen LogP contribution in [0.25, 0.3) is 0 Å². The second-order valence-electron chi connectivity index (χ2n) is 10.8. The lowest BCUT2D eigenvalue weighted by Gasteiger charge is -2.58. The number of piperidine rings is 1. The van der Waals surface area contributed by atoms with Gasteiger partial charge in [0.15, 0.2) is 6.04 Å². The van der Waals surface area contributed by atoms with Gasteiger partial charge in [0.05, 0.1) is 46.0 Å². The van der Waals surface area contributed by atoms with Gasteiger partial charge in [-0.05, 0) is 18.1 Å². The van der Waals surface area contributed by atoms with E-state index in [-0.39, 0.29) is 40.7 Å². The fraction of sp³-hybridized carbons (Fsp3) is 0.440. The van der Waals surface area contributed by atoms with Crippen molar-refractivity contribution in [1.82, 2.24) is 19.9 Å². The number of carboxylic acid groups (broad SMARTS) is 1. The molecule has 0 aromatic carbocycles. The molecule has 4 aliphatic heterocycles. The summed E-state index contributed by atoms with van der Waals surface area (Å²) in [7, 11) is 1.84. The highest BCUT2D eigenvalue weighted by Gasteiger charge is 2.71. The van der Waals surface area contributed by atoms with Crippen LogP contribution in [0.2, 0.25) is 0 Å². The van der Waals surface area contributed by atoms with Gasteiger partial charge in [0.2, 0.25) is 11.6 Å². The van der Waals surface area contributed by atoms with E-state index in [4.69, 9.17) is 5.73 Å². The number of quaternary nitrogens is 1. The first-order chi connectivity index (χ1) is 17.8. The van der Waals surface area contributed by atoms with Crippen molar-refractivity contribution in [3.05, 3.63) is 57.3 Å². The molecule has 7 atom stereocenters. The lowest BCUT2D eigenvalue weighted by molar-refractivity contribution is -0.948. The molecule has 10 nitrogen and oxygen atoms in total. The zero-order chi connectivity index (χ0) is 25.4. The summed E-state index contributed by atoms with van der Waals surface area (Å²) in [5.41, 5.74) is 11.0. The third-order valence-corrected chi connectivity index (χ3v) is 11.9. The van der Waals surface area contributed by atoms with Crippen LogP contribution in [0.1, 0.15) is 39.8 Å². The van der Waals surface area contributed by atoms with Crippen LogP contribution in [0.4, 0.5) is 0 Å². The van der Waals surface area contributed by atoms with Crippen LogP contribution in [0.3, 0.4) is 0 Å². The van der Waals surface area contributed by atoms with Crippen LogP contribution >= 0.6 is 23.5 Å². The Morgan fingerprint density at radius 3 is 3.11 bits per heavy atom. The number of nitrogens with two attached hydrogens (primary N) is 1. The highest BCUT2D eigenvalue weighted by atomic mass is 32.2. The van der Waals surface area contributed by atoms with Crippen molar-refractivity contribution in [2.45, 2.75) is 53.0 Å². The van der Waals surface area contributed by atoms with Gasteiger partial charge in [-0.25, -0.2) is 4.98 Å². The quantitative estimate of drug-likeness (QED) is 0.347. The fourth-order valence-electron chi connectivity index (χ4n) is 7.62. The van der Waals surface area contributed by atoms with Crippen molar-refractivity contribution in [2.75, 3.05) is 6.54 Å². The molecule has 0 saturated carbocycles. The molecule has 2 fully saturated rings. The first-order valence-electron chi connectivity index (χ1n) is 12.5. The highest BCUT2D eigenvalue weighted by Crippen LogP contribution is 2.68. The van der Waals surface area contributed by atoms with Gasteiger partial charge in [-0.1, -0.05) is 11.8 Å². The summed E-state index contributed by atoms with van der Waals surface area (Å²) in [5.74, 6) is -0.911. The second kappa shape index (κ2) is 7.19. The standard InChI is InChI=1S/C25H24N6O4S2/c1-30-8-28-23(11(30)4-10(26)24(34)35)37-22-19-12(32)5-13-25(22)6-14(36-13)29-18-16(25)20-15-9(2-3-31(19)20)7-27-17(15)21(18)33/h5,7-8,10,14,19-20,22,27,29H,2-4,6,26H2,1H3,(H,34,35)/p+1/t10-,14+,19-,20?,22+,25+/m0/s1. The minimum absolute atomic E-state index is 0.0183. The normalized spacial score (nSPS) is 34.9. The number of thioether (sulfide) groups is 2. The van der Waals surface area contributed by atoms with Gasteiger partial charge in [0, 0.05) is 42.1 Å². The summed E-state index contributed by atoms with van der Waals surface area (Å²) in [4.78, 5) is 49.3. The molecule has 12 heteroatoms. The van der Waals surface area contributed by atoms with E-state index < -0.39 is 17.4 Å². The molecule has 2 aliphatic carbocycles. The predicted molar refractivity (Wildman–Crippen MR) is 135 cm³/mol. The van der Waals surface area contributed by atoms with Crippen molar-refractivity contribution < 1.29 is 24.4 Å². The molecule has 37 heavy (non-hydrogen) atoms. The molecule has 0 radical (unpaired) electrons. The predicted octanol–water partition coefficient (Wildman–Crippen LogP) is -0.303. The van der Waals surface area contributed by atoms with Crippen LogP contribution in [-0.4, -0.2) is 66.4 Å². The molecule has 2 saturated heterocycles. The van der Waals surface area contributed by atoms with E-state index in [1.807, 2.05) is 23.9 Å². The zero-order valence-corrected chi connectivity index (χ0v) is 21.5. The number of Topliss-reactive ketones (excluding diaryl/α,β-unsaturated/α-hetero) is 1. The number of nitrogens with one attached hydrogen (secondary N) is 3. The van der Waals surface area contributed by atoms with Crippen molar-refractivity contribution in [3.8, 4) is 0 Å². The maximum absolute atomic E-state index is 13.8. The number of nitrogens with zero attached hydrogens (tertiary/aromatic N) is 2. The number of carbonyl (C=O) groups is 3. The third-order valence-electron chi connectivity index (χ3n) is 9.12. The number of fused-ring (bicyclic) bond motifs is 3. The largest absolute Gasteiger partial charge is 0.480 e. The molecule has 6 N–H and O–H groups in total. The maximum atomic E-state index is 13.8. The number of rotatable bonds is 5. The van der Waals surface area contributed by atoms with Gasteiger partial charge in [-0.3, -0.25) is 14.4 Å². The minimum Gasteiger partial charge on any atom is -0.480 e. The molecule has 2 aromatic rings. The number of aryl methyl sites for hydroxylation is 1. The number of ketones is 2. The third kappa shape index (κ3) is 2.61. The van der Waals surface area contributed by atoms with E-state index in [1.54, 1.807) is 29.9 Å². The second-order valence-corrected chi connectivity index (χ2v) is 13.2. The molecule has 6 aliphatic rings. The van der Waals surface area contributed by atoms with Crippen molar-refractivity contribution in [1.29, 1.82) is 0 Å². The van der Waals surface area contributed by atoms with Crippen LogP contribution in [0, 0.1) is 5.41 Å². The Hall–Kier alpha value is -2.80. The SMILES string of the molecule is Cn1cnc(S[C@@H]2[C@@H]3C(=O)C=C4S[C@@H]5C[C@]42C2=C(N5)C(=O)c4[nH]cc5c4C2[NH+]3CC5)c1C[C@H](N)C(=O)O. The van der Waals surface area contributed by atoms with Crippen molar-refractivity contribution in [3.63, 3.8) is 0 Å². The summed E-state index contributed by atoms with van der Waals surface area (Å²) >= 11 is 3.25. The Balaban J connectivity index is 1.32. The summed E-state index contributed by atoms with van der Waals surface area (Å²) in [6.45, 7) is 0.808. The summed E-state index contributed by atoms with van der Waals surface area (Å²) < 4.78 is 1.82. The molecule has 3 bridgehead atoms. The van der Waals surface area contributed by atoms with Gasteiger partial charge in [-0.15, -0.1) is 11.8 Å². The molecule has 2 aromatic heterocycles. The van der Waals surface area contributed by atoms with Gasteiger partial charge in [0.25, 0.3) is 0 Å². The first kappa shape index (κ1) is 22.2. The maximum Gasteiger partial charge on any atom is 0.320 e. The number of imidazole rings is 1. The Kier molecular flexibility index (Phi) is 4.31. The Bertz CT molecular complexity index is 1520. The van der Waals surface area contributed by atoms with Crippen molar-refractivity contribution >= 4 is 41.1 Å². The van der Waals surface area contributed by atoms with Crippen molar-refractivity contribution in [2.24, 2.45) is 18.2 Å². The lowest BCUT2D eigenvalue weighted by Crippen LogP contribution is -3.21. The Morgan fingerprint density at radius 1 is 1.46 bits per heavy atom. The average Bonchev–Trinajstić information content (AvgIpc) is 3.52. The van der Waals surface area contributed by atoms with Crippen LogP contribution in [-0.2, 0) is 29.5 Å². The number of hydrogen-bond acceptors (Lipinski definition) is 8. The van der Waals surface area contributed by atoms with E-state index in [0.29, 0.717) is 16.4 Å². The number of carboxylic acids is 1. The first-order valence-corrected chi connectivity index (χ1v) is 14.2. The van der Waals surface area contributed by atoms with E-state index in [9.17, 15) is 19.5 Å². The summed E-state index contributed by atoms with van der Waals surface area (Å²) in [6.07, 6.45) is 7.28. The summed E-state index contributed by atoms with van der Waals surface area (Å²) in [5, 5.41) is 13.6. The van der Waals surface area contributed by atoms with Crippen LogP contribution < -0.4 is 16.0 Å². The molecular formula is C25H25N6O4S2+. The average molecular weight is 538 g/mol. The fourth-order valence-corrected chi connectivity index (χ4v) is 10.9. The van der Waals surface area contributed by atoms with Crippen LogP contribution in [0.15, 0.2) is 39.8 Å². The molecular weight excluding hydrogens is 512 g/mol. The van der Waals surface area contributed by atoms with E-state index in [1.165, 1.54) is 10.5 Å². The molecule has 190 valence electrons. The van der Waals surface area contributed by atoms with E-state index in [2.05, 4.69) is 15.3 Å². The Labute approximate surface area is 220 Å². The topological polar surface area (TPSA) is 148 Å². The van der Waals surface area contributed by atoms with Gasteiger partial charge in [0.1, 0.15) is 17.1 Å². The minimum atomic E-state index is -1.06. The highest BCUT2D eigenvalue weighted by molar-refractivity contribution is 8.04. The monoisotopic (exact) mass is 537 g/mol. The number of aromatic amines is 1. The zero-order valence-electron chi connectivity index (χ0n) is 19.9. The van der Waals surface area contributed by atoms with E-state index in [0.717, 1.165) is 41.1 Å². The lowest BCUT2D eigenvalue weighted by atomic mass is 9.57. The molecule has 0 amide bonds. The Morgan fingerprint density at radius 2 is 2.30 bits per heavy atom. The molecule has 6 heterocycles. The number of allylic oxidation sites excluding steroid dienone is 2. The molecule has 1 spiro atoms. The smallest absolute Gasteiger partial charge is 0.320 e. The number of carbonyl (C=O) groups excluding carboxylic acids is 2. The number of aromatic nitrogens is 3. The van der Waals surface area contributed by atoms with Crippen LogP contribution in [0.5, 0.6) is 0 Å². The summed E-state index contributed by atoms with van der Waals surface area (Å²) in [6, 6.07) is -1.35. The molecule has 2 unspecified atom stereocenters. The van der Waals surface area contributed by atoms with Gasteiger partial charge in [-0.2, -0.15) is 0 Å². The number of aliphatic carboxylic acids is 1. The number of H-pyrrole nitrogens is 1. The van der Waals surface area contributed by atoms with Gasteiger partial charge >= 0.3 is 5.97 Å². The number of hydrogen-bond donors (Lipinski definition) is 5. The van der Waals surface area contributed by atoms with Gasteiger partial charge < -0.3 is 30.6 Å². The molecule has 8 rings (SSSR count).